The zero-order valence-corrected chi connectivity index (χ0v) is 23.7. The molecule has 3 heterocycles. The second kappa shape index (κ2) is 9.25. The van der Waals surface area contributed by atoms with Crippen molar-refractivity contribution >= 4 is 9.84 Å². The first-order valence-corrected chi connectivity index (χ1v) is 14.9. The van der Waals surface area contributed by atoms with Gasteiger partial charge in [0.2, 0.25) is 0 Å². The molecular weight excluding hydrogens is 564 g/mol. The van der Waals surface area contributed by atoms with E-state index in [4.69, 9.17) is 9.40 Å². The number of oxazole rings is 1. The fraction of sp³-hybridized carbons (Fsp3) is 0.226. The molecule has 0 unspecified atom stereocenters. The van der Waals surface area contributed by atoms with Crippen LogP contribution in [0.4, 0.5) is 8.78 Å². The molecule has 2 aromatic heterocycles. The number of sulfone groups is 1. The molecular formula is C31H25F2N3O5S. The first kappa shape index (κ1) is 26.4. The number of ether oxygens (including phenoxy) is 2. The topological polar surface area (TPSA) is 96.5 Å². The molecule has 0 radical (unpaired) electrons. The lowest BCUT2D eigenvalue weighted by Crippen LogP contribution is -2.25. The van der Waals surface area contributed by atoms with Gasteiger partial charge in [0.05, 0.1) is 21.5 Å². The summed E-state index contributed by atoms with van der Waals surface area (Å²) in [5, 5.41) is -0.319. The Morgan fingerprint density at radius 2 is 1.62 bits per heavy atom. The Morgan fingerprint density at radius 3 is 2.36 bits per heavy atom. The van der Waals surface area contributed by atoms with Crippen molar-refractivity contribution in [1.29, 1.82) is 0 Å². The molecule has 0 amide bonds. The van der Waals surface area contributed by atoms with E-state index >= 15 is 0 Å². The molecule has 5 aromatic rings. The highest BCUT2D eigenvalue weighted by molar-refractivity contribution is 7.92. The molecule has 1 fully saturated rings. The van der Waals surface area contributed by atoms with Gasteiger partial charge in [0.25, 0.3) is 0 Å². The molecule has 11 heteroatoms. The lowest BCUT2D eigenvalue weighted by Gasteiger charge is -2.14. The summed E-state index contributed by atoms with van der Waals surface area (Å²) < 4.78 is 70.6. The lowest BCUT2D eigenvalue weighted by atomic mass is 9.98. The third-order valence-electron chi connectivity index (χ3n) is 7.37. The van der Waals surface area contributed by atoms with Gasteiger partial charge in [-0.1, -0.05) is 18.2 Å². The van der Waals surface area contributed by atoms with Crippen LogP contribution in [0.2, 0.25) is 0 Å². The fourth-order valence-corrected chi connectivity index (χ4v) is 7.00. The summed E-state index contributed by atoms with van der Waals surface area (Å²) in [6.45, 7) is 5.50. The molecule has 2 aliphatic rings. The molecule has 0 atom stereocenters. The molecule has 8 nitrogen and oxygen atoms in total. The third kappa shape index (κ3) is 4.53. The quantitative estimate of drug-likeness (QED) is 0.210. The third-order valence-corrected chi connectivity index (χ3v) is 9.63. The van der Waals surface area contributed by atoms with Gasteiger partial charge in [-0.2, -0.15) is 0 Å². The molecule has 214 valence electrons. The van der Waals surface area contributed by atoms with Crippen molar-refractivity contribution in [2.45, 2.75) is 50.1 Å². The Bertz CT molecular complexity index is 1990. The van der Waals surface area contributed by atoms with Gasteiger partial charge in [0, 0.05) is 24.2 Å². The first-order chi connectivity index (χ1) is 20.0. The largest absolute Gasteiger partial charge is 0.586 e. The summed E-state index contributed by atoms with van der Waals surface area (Å²) in [4.78, 5) is 9.56. The summed E-state index contributed by atoms with van der Waals surface area (Å²) in [5.74, 6) is 1.30. The van der Waals surface area contributed by atoms with E-state index in [1.807, 2.05) is 48.9 Å². The predicted molar refractivity (Wildman–Crippen MR) is 151 cm³/mol. The summed E-state index contributed by atoms with van der Waals surface area (Å²) in [6, 6.07) is 17.2. The average Bonchev–Trinajstić information content (AvgIpc) is 3.57. The second-order valence-electron chi connectivity index (χ2n) is 10.5. The number of hydrogen-bond donors (Lipinski definition) is 0. The molecule has 0 N–H and O–H groups in total. The van der Waals surface area contributed by atoms with Gasteiger partial charge in [-0.25, -0.2) is 18.4 Å². The van der Waals surface area contributed by atoms with E-state index in [-0.39, 0.29) is 16.7 Å². The van der Waals surface area contributed by atoms with Crippen molar-refractivity contribution in [3.63, 3.8) is 0 Å². The molecule has 1 aliphatic carbocycles. The molecule has 0 saturated heterocycles. The van der Waals surface area contributed by atoms with Crippen LogP contribution in [-0.2, 0) is 9.84 Å². The van der Waals surface area contributed by atoms with Crippen LogP contribution in [0.25, 0.3) is 39.4 Å². The molecule has 1 saturated carbocycles. The van der Waals surface area contributed by atoms with Crippen molar-refractivity contribution in [2.24, 2.45) is 0 Å². The number of benzene rings is 3. The van der Waals surface area contributed by atoms with Crippen molar-refractivity contribution in [1.82, 2.24) is 14.5 Å². The number of rotatable bonds is 6. The Hall–Kier alpha value is -4.51. The Morgan fingerprint density at radius 1 is 0.881 bits per heavy atom. The van der Waals surface area contributed by atoms with Gasteiger partial charge in [-0.05, 0) is 80.3 Å². The van der Waals surface area contributed by atoms with E-state index < -0.39 is 16.1 Å². The number of hydrogen-bond acceptors (Lipinski definition) is 7. The van der Waals surface area contributed by atoms with Gasteiger partial charge in [-0.3, -0.25) is 0 Å². The van der Waals surface area contributed by atoms with Gasteiger partial charge in [0.15, 0.2) is 33.0 Å². The van der Waals surface area contributed by atoms with Gasteiger partial charge < -0.3 is 18.5 Å². The van der Waals surface area contributed by atoms with E-state index in [1.165, 1.54) is 12.1 Å². The van der Waals surface area contributed by atoms with E-state index in [0.717, 1.165) is 28.3 Å². The highest BCUT2D eigenvalue weighted by Crippen LogP contribution is 2.45. The molecule has 0 spiro atoms. The Kier molecular flexibility index (Phi) is 5.81. The predicted octanol–water partition coefficient (Wildman–Crippen LogP) is 7.04. The zero-order valence-electron chi connectivity index (χ0n) is 22.9. The summed E-state index contributed by atoms with van der Waals surface area (Å²) in [5.41, 5.74) is 4.72. The van der Waals surface area contributed by atoms with Crippen LogP contribution in [0.5, 0.6) is 11.5 Å². The normalized spacial score (nSPS) is 15.7. The SMILES string of the molecule is Cc1cn(-c2ccc(-c3cccc(S(=O)(=O)C4CC4)c3)cc2-c2nc(C)oc2-c2ccc3c(c2)OC(F)(F)O3)c(C)n1. The highest BCUT2D eigenvalue weighted by Gasteiger charge is 2.43. The van der Waals surface area contributed by atoms with Crippen molar-refractivity contribution in [2.75, 3.05) is 0 Å². The van der Waals surface area contributed by atoms with E-state index in [1.54, 1.807) is 31.2 Å². The summed E-state index contributed by atoms with van der Waals surface area (Å²) >= 11 is 0. The number of imidazole rings is 1. The van der Waals surface area contributed by atoms with Gasteiger partial charge in [-0.15, -0.1) is 8.78 Å². The second-order valence-corrected chi connectivity index (χ2v) is 12.8. The van der Waals surface area contributed by atoms with E-state index in [0.29, 0.717) is 46.2 Å². The van der Waals surface area contributed by atoms with Crippen LogP contribution in [0.15, 0.2) is 76.2 Å². The van der Waals surface area contributed by atoms with Crippen LogP contribution < -0.4 is 9.47 Å². The number of halogens is 2. The maximum atomic E-state index is 13.7. The van der Waals surface area contributed by atoms with Crippen LogP contribution in [0.1, 0.15) is 30.3 Å². The van der Waals surface area contributed by atoms with Crippen molar-refractivity contribution < 1.29 is 31.1 Å². The van der Waals surface area contributed by atoms with Crippen LogP contribution in [0, 0.1) is 20.8 Å². The molecule has 3 aromatic carbocycles. The number of aryl methyl sites for hydroxylation is 3. The number of aromatic nitrogens is 3. The first-order valence-electron chi connectivity index (χ1n) is 13.4. The number of alkyl halides is 2. The molecule has 7 rings (SSSR count). The summed E-state index contributed by atoms with van der Waals surface area (Å²) in [6.07, 6.45) is -0.478. The Balaban J connectivity index is 1.40. The number of fused-ring (bicyclic) bond motifs is 1. The zero-order chi connectivity index (χ0) is 29.4. The summed E-state index contributed by atoms with van der Waals surface area (Å²) in [7, 11) is -3.38. The minimum Gasteiger partial charge on any atom is -0.440 e. The maximum absolute atomic E-state index is 13.7. The average molecular weight is 590 g/mol. The van der Waals surface area contributed by atoms with Crippen LogP contribution in [-0.4, -0.2) is 34.5 Å². The maximum Gasteiger partial charge on any atom is 0.586 e. The van der Waals surface area contributed by atoms with Gasteiger partial charge >= 0.3 is 6.29 Å². The molecule has 0 bridgehead atoms. The smallest absolute Gasteiger partial charge is 0.440 e. The van der Waals surface area contributed by atoms with Crippen LogP contribution >= 0.6 is 0 Å². The van der Waals surface area contributed by atoms with E-state index in [2.05, 4.69) is 14.5 Å². The van der Waals surface area contributed by atoms with E-state index in [9.17, 15) is 17.2 Å². The lowest BCUT2D eigenvalue weighted by molar-refractivity contribution is -0.286. The van der Waals surface area contributed by atoms with Crippen molar-refractivity contribution in [3.8, 4) is 50.9 Å². The monoisotopic (exact) mass is 589 g/mol. The fourth-order valence-electron chi connectivity index (χ4n) is 5.30. The Labute approximate surface area is 240 Å². The minimum atomic E-state index is -3.75. The van der Waals surface area contributed by atoms with Crippen LogP contribution in [0.3, 0.4) is 0 Å². The standard InChI is InChI=1S/C31H25F2N3O5S/c1-17-16-36(18(2)34-17)26-11-7-21(20-5-4-6-24(13-20)42(37,38)23-9-10-23)14-25(26)29-30(39-19(3)35-29)22-8-12-27-28(15-22)41-31(32,33)40-27/h4-8,11-16,23H,9-10H2,1-3H3. The highest BCUT2D eigenvalue weighted by atomic mass is 32.2. The number of nitrogens with zero attached hydrogens (tertiary/aromatic N) is 3. The van der Waals surface area contributed by atoms with Gasteiger partial charge in [0.1, 0.15) is 11.5 Å². The van der Waals surface area contributed by atoms with Crippen molar-refractivity contribution in [3.05, 3.63) is 84.3 Å². The molecule has 42 heavy (non-hydrogen) atoms. The minimum absolute atomic E-state index is 0.0743. The molecule has 1 aliphatic heterocycles.